The van der Waals surface area contributed by atoms with Crippen LogP contribution in [0.1, 0.15) is 13.8 Å². The molecule has 72 valence electrons. The Kier molecular flexibility index (Phi) is 2.17. The quantitative estimate of drug-likeness (QED) is 0.564. The Balaban J connectivity index is 3.16. The van der Waals surface area contributed by atoms with Gasteiger partial charge in [-0.1, -0.05) is 12.5 Å². The number of aliphatic hydroxyl groups is 2. The molecule has 3 N–H and O–H groups in total. The Hall–Kier alpha value is -1.29. The minimum absolute atomic E-state index is 0.208. The van der Waals surface area contributed by atoms with Crippen LogP contribution in [0.3, 0.4) is 0 Å². The Morgan fingerprint density at radius 2 is 2.15 bits per heavy atom. The summed E-state index contributed by atoms with van der Waals surface area (Å²) in [5.41, 5.74) is -1.34. The summed E-state index contributed by atoms with van der Waals surface area (Å²) >= 11 is 0. The molecule has 4 nitrogen and oxygen atoms in total. The monoisotopic (exact) mass is 184 g/mol. The summed E-state index contributed by atoms with van der Waals surface area (Å²) in [5.74, 6) is -2.08. The molecule has 1 rings (SSSR count). The van der Waals surface area contributed by atoms with E-state index >= 15 is 0 Å². The molecule has 1 aliphatic rings. The van der Waals surface area contributed by atoms with E-state index in [4.69, 9.17) is 10.2 Å². The fourth-order valence-electron chi connectivity index (χ4n) is 1.34. The van der Waals surface area contributed by atoms with Gasteiger partial charge in [0.15, 0.2) is 5.60 Å². The van der Waals surface area contributed by atoms with Crippen molar-refractivity contribution in [3.05, 3.63) is 23.5 Å². The molecule has 13 heavy (non-hydrogen) atoms. The molecule has 1 aliphatic carbocycles. The zero-order valence-electron chi connectivity index (χ0n) is 7.48. The van der Waals surface area contributed by atoms with E-state index in [9.17, 15) is 9.90 Å². The molecule has 4 heteroatoms. The molecule has 0 bridgehead atoms. The van der Waals surface area contributed by atoms with Crippen LogP contribution in [0.2, 0.25) is 0 Å². The van der Waals surface area contributed by atoms with E-state index in [1.54, 1.807) is 13.8 Å². The largest absolute Gasteiger partial charge is 0.508 e. The summed E-state index contributed by atoms with van der Waals surface area (Å²) in [6.45, 7) is 3.27. The van der Waals surface area contributed by atoms with Gasteiger partial charge in [-0.05, 0) is 13.0 Å². The van der Waals surface area contributed by atoms with Gasteiger partial charge in [-0.3, -0.25) is 0 Å². The third kappa shape index (κ3) is 1.45. The van der Waals surface area contributed by atoms with Crippen molar-refractivity contribution in [2.24, 2.45) is 5.92 Å². The lowest BCUT2D eigenvalue weighted by atomic mass is 9.80. The van der Waals surface area contributed by atoms with Crippen molar-refractivity contribution < 1.29 is 20.1 Å². The van der Waals surface area contributed by atoms with Crippen molar-refractivity contribution in [1.29, 1.82) is 0 Å². The van der Waals surface area contributed by atoms with Crippen LogP contribution in [0.4, 0.5) is 0 Å². The van der Waals surface area contributed by atoms with E-state index in [-0.39, 0.29) is 5.76 Å². The summed E-state index contributed by atoms with van der Waals surface area (Å²) in [5, 5.41) is 27.6. The molecule has 0 heterocycles. The summed E-state index contributed by atoms with van der Waals surface area (Å²) in [4.78, 5) is 10.7. The van der Waals surface area contributed by atoms with Gasteiger partial charge < -0.3 is 15.3 Å². The van der Waals surface area contributed by atoms with Crippen LogP contribution in [0.25, 0.3) is 0 Å². The highest BCUT2D eigenvalue weighted by molar-refractivity contribution is 5.81. The van der Waals surface area contributed by atoms with Gasteiger partial charge in [0.1, 0.15) is 5.76 Å². The minimum atomic E-state index is -1.98. The number of carboxylic acid groups (broad SMARTS) is 1. The fourth-order valence-corrected chi connectivity index (χ4v) is 1.34. The molecule has 0 aliphatic heterocycles. The lowest BCUT2D eigenvalue weighted by Gasteiger charge is -2.30. The summed E-state index contributed by atoms with van der Waals surface area (Å²) in [6.07, 6.45) is 2.40. The second-order valence-electron chi connectivity index (χ2n) is 3.31. The summed E-state index contributed by atoms with van der Waals surface area (Å²) in [6, 6.07) is 0. The van der Waals surface area contributed by atoms with E-state index in [1.807, 2.05) is 0 Å². The van der Waals surface area contributed by atoms with Gasteiger partial charge in [-0.25, -0.2) is 4.79 Å². The lowest BCUT2D eigenvalue weighted by molar-refractivity contribution is -0.157. The van der Waals surface area contributed by atoms with E-state index < -0.39 is 17.5 Å². The number of allylic oxidation sites excluding steroid dienone is 1. The second-order valence-corrected chi connectivity index (χ2v) is 3.31. The first-order valence-electron chi connectivity index (χ1n) is 3.93. The molecule has 0 amide bonds. The van der Waals surface area contributed by atoms with E-state index in [0.717, 1.165) is 6.08 Å². The number of hydrogen-bond acceptors (Lipinski definition) is 3. The first kappa shape index (κ1) is 9.80. The highest BCUT2D eigenvalue weighted by Crippen LogP contribution is 2.31. The van der Waals surface area contributed by atoms with Gasteiger partial charge >= 0.3 is 5.97 Å². The van der Waals surface area contributed by atoms with Crippen LogP contribution in [0.5, 0.6) is 0 Å². The number of aliphatic hydroxyl groups excluding tert-OH is 1. The average molecular weight is 184 g/mol. The van der Waals surface area contributed by atoms with E-state index in [0.29, 0.717) is 5.57 Å². The Morgan fingerprint density at radius 3 is 2.62 bits per heavy atom. The molecular formula is C9H12O4. The van der Waals surface area contributed by atoms with Crippen molar-refractivity contribution in [3.8, 4) is 0 Å². The van der Waals surface area contributed by atoms with Gasteiger partial charge in [0.2, 0.25) is 0 Å². The van der Waals surface area contributed by atoms with Crippen molar-refractivity contribution in [2.75, 3.05) is 0 Å². The van der Waals surface area contributed by atoms with E-state index in [1.165, 1.54) is 6.08 Å². The zero-order chi connectivity index (χ0) is 10.2. The predicted octanol–water partition coefficient (Wildman–Crippen LogP) is 0.840. The molecule has 2 atom stereocenters. The van der Waals surface area contributed by atoms with Gasteiger partial charge in [0.05, 0.1) is 0 Å². The Bertz CT molecular complexity index is 303. The van der Waals surface area contributed by atoms with Crippen molar-refractivity contribution in [3.63, 3.8) is 0 Å². The maximum Gasteiger partial charge on any atom is 0.340 e. The number of rotatable bonds is 1. The SMILES string of the molecule is CC1=CC(O)=CC(O)(C(=O)O)C1C. The topological polar surface area (TPSA) is 77.8 Å². The molecule has 0 aromatic heterocycles. The first-order valence-corrected chi connectivity index (χ1v) is 3.93. The molecule has 0 fully saturated rings. The van der Waals surface area contributed by atoms with Gasteiger partial charge in [-0.2, -0.15) is 0 Å². The zero-order valence-corrected chi connectivity index (χ0v) is 7.48. The summed E-state index contributed by atoms with van der Waals surface area (Å²) in [7, 11) is 0. The lowest BCUT2D eigenvalue weighted by Crippen LogP contribution is -2.45. The molecule has 0 saturated carbocycles. The second kappa shape index (κ2) is 2.88. The van der Waals surface area contributed by atoms with Gasteiger partial charge in [-0.15, -0.1) is 0 Å². The van der Waals surface area contributed by atoms with E-state index in [2.05, 4.69) is 0 Å². The normalized spacial score (nSPS) is 33.6. The molecule has 2 unspecified atom stereocenters. The molecule has 0 spiro atoms. The van der Waals surface area contributed by atoms with Gasteiger partial charge in [0.25, 0.3) is 0 Å². The standard InChI is InChI=1S/C9H12O4/c1-5-3-7(10)4-9(13,6(5)2)8(11)12/h3-4,6,10,13H,1-2H3,(H,11,12). The number of hydrogen-bond donors (Lipinski definition) is 3. The first-order chi connectivity index (χ1) is 5.88. The highest BCUT2D eigenvalue weighted by atomic mass is 16.4. The van der Waals surface area contributed by atoms with Crippen LogP contribution in [0, 0.1) is 5.92 Å². The maximum atomic E-state index is 10.7. The fraction of sp³-hybridized carbons (Fsp3) is 0.444. The maximum absolute atomic E-state index is 10.7. The van der Waals surface area contributed by atoms with Crippen LogP contribution in [-0.2, 0) is 4.79 Å². The number of carboxylic acids is 1. The molecule has 0 aromatic rings. The van der Waals surface area contributed by atoms with Crippen LogP contribution >= 0.6 is 0 Å². The minimum Gasteiger partial charge on any atom is -0.508 e. The molecule has 0 radical (unpaired) electrons. The summed E-state index contributed by atoms with van der Waals surface area (Å²) < 4.78 is 0. The van der Waals surface area contributed by atoms with Crippen molar-refractivity contribution in [2.45, 2.75) is 19.4 Å². The smallest absolute Gasteiger partial charge is 0.340 e. The number of carbonyl (C=O) groups is 1. The third-order valence-electron chi connectivity index (χ3n) is 2.43. The van der Waals surface area contributed by atoms with Gasteiger partial charge in [0, 0.05) is 12.0 Å². The van der Waals surface area contributed by atoms with Crippen molar-refractivity contribution >= 4 is 5.97 Å². The van der Waals surface area contributed by atoms with Crippen LogP contribution in [0.15, 0.2) is 23.5 Å². The number of aliphatic carboxylic acids is 1. The third-order valence-corrected chi connectivity index (χ3v) is 2.43. The molecular weight excluding hydrogens is 172 g/mol. The van der Waals surface area contributed by atoms with Crippen LogP contribution < -0.4 is 0 Å². The Labute approximate surface area is 75.8 Å². The Morgan fingerprint density at radius 1 is 1.62 bits per heavy atom. The van der Waals surface area contributed by atoms with Crippen LogP contribution in [-0.4, -0.2) is 26.9 Å². The average Bonchev–Trinajstić information content (AvgIpc) is 1.99. The molecule has 0 aromatic carbocycles. The van der Waals surface area contributed by atoms with Crippen molar-refractivity contribution in [1.82, 2.24) is 0 Å². The predicted molar refractivity (Wildman–Crippen MR) is 46.2 cm³/mol. The highest BCUT2D eigenvalue weighted by Gasteiger charge is 2.42. The molecule has 0 saturated heterocycles.